The van der Waals surface area contributed by atoms with E-state index in [4.69, 9.17) is 9.56 Å². The van der Waals surface area contributed by atoms with E-state index in [1.54, 1.807) is 0 Å². The Hall–Kier alpha value is -1.00. The molecule has 1 aromatic heterocycles. The molecule has 0 saturated carbocycles. The number of oxazole rings is 1. The highest BCUT2D eigenvalue weighted by molar-refractivity contribution is 7.96. The summed E-state index contributed by atoms with van der Waals surface area (Å²) in [6, 6.07) is 7.56. The molecule has 0 amide bonds. The third-order valence-electron chi connectivity index (χ3n) is 1.38. The van der Waals surface area contributed by atoms with Crippen LogP contribution in [0.2, 0.25) is 0 Å². The van der Waals surface area contributed by atoms with Gasteiger partial charge in [0, 0.05) is 11.9 Å². The fourth-order valence-corrected chi connectivity index (χ4v) is 1.19. The number of aromatic nitrogens is 1. The van der Waals surface area contributed by atoms with E-state index in [0.29, 0.717) is 5.22 Å². The molecule has 0 aliphatic rings. The molecular formula is C7H6N2OS. The van der Waals surface area contributed by atoms with Crippen LogP contribution < -0.4 is 5.14 Å². The van der Waals surface area contributed by atoms with Crippen LogP contribution >= 0.6 is 11.9 Å². The molecule has 0 saturated heterocycles. The van der Waals surface area contributed by atoms with Gasteiger partial charge in [-0.1, -0.05) is 12.1 Å². The highest BCUT2D eigenvalue weighted by Crippen LogP contribution is 2.18. The number of nitrogens with two attached hydrogens (primary N) is 1. The van der Waals surface area contributed by atoms with Crippen LogP contribution in [-0.2, 0) is 0 Å². The van der Waals surface area contributed by atoms with Gasteiger partial charge in [-0.2, -0.15) is 0 Å². The maximum Gasteiger partial charge on any atom is 0.272 e. The maximum absolute atomic E-state index is 5.27. The molecule has 2 N–H and O–H groups in total. The molecule has 0 atom stereocenters. The second-order valence-corrected chi connectivity index (χ2v) is 2.65. The number of rotatable bonds is 1. The average Bonchev–Trinajstić information content (AvgIpc) is 2.46. The summed E-state index contributed by atoms with van der Waals surface area (Å²) >= 11 is 1.02. The van der Waals surface area contributed by atoms with Crippen molar-refractivity contribution in [3.63, 3.8) is 0 Å². The van der Waals surface area contributed by atoms with E-state index in [-0.39, 0.29) is 0 Å². The van der Waals surface area contributed by atoms with E-state index in [2.05, 4.69) is 4.98 Å². The Kier molecular flexibility index (Phi) is 1.56. The molecule has 0 spiro atoms. The van der Waals surface area contributed by atoms with Crippen LogP contribution in [0, 0.1) is 0 Å². The second-order valence-electron chi connectivity index (χ2n) is 2.07. The van der Waals surface area contributed by atoms with Gasteiger partial charge < -0.3 is 4.42 Å². The molecule has 0 aliphatic carbocycles. The molecule has 0 radical (unpaired) electrons. The van der Waals surface area contributed by atoms with Crippen LogP contribution in [0.3, 0.4) is 0 Å². The number of nitrogens with zero attached hydrogens (tertiary/aromatic N) is 1. The Labute approximate surface area is 67.7 Å². The Morgan fingerprint density at radius 3 is 2.91 bits per heavy atom. The first-order chi connectivity index (χ1) is 5.40. The van der Waals surface area contributed by atoms with E-state index < -0.39 is 0 Å². The molecule has 56 valence electrons. The molecule has 0 fully saturated rings. The highest BCUT2D eigenvalue weighted by Gasteiger charge is 2.01. The van der Waals surface area contributed by atoms with E-state index in [9.17, 15) is 0 Å². The minimum Gasteiger partial charge on any atom is -0.430 e. The van der Waals surface area contributed by atoms with E-state index >= 15 is 0 Å². The summed E-state index contributed by atoms with van der Waals surface area (Å²) in [5.74, 6) is 0. The zero-order chi connectivity index (χ0) is 7.68. The minimum atomic E-state index is 0.506. The van der Waals surface area contributed by atoms with Crippen LogP contribution in [0.15, 0.2) is 33.9 Å². The quantitative estimate of drug-likeness (QED) is 0.656. The average molecular weight is 166 g/mol. The van der Waals surface area contributed by atoms with Crippen molar-refractivity contribution in [1.29, 1.82) is 0 Å². The third-order valence-corrected chi connectivity index (χ3v) is 1.75. The van der Waals surface area contributed by atoms with Crippen LogP contribution in [0.25, 0.3) is 11.1 Å². The standard InChI is InChI=1S/C7H6N2OS/c8-11-7-9-5-3-1-2-4-6(5)10-7/h1-4H,8H2. The second kappa shape index (κ2) is 2.56. The Morgan fingerprint density at radius 1 is 1.36 bits per heavy atom. The number of hydrogen-bond donors (Lipinski definition) is 1. The minimum absolute atomic E-state index is 0.506. The number of para-hydroxylation sites is 2. The van der Waals surface area contributed by atoms with Gasteiger partial charge in [-0.15, -0.1) is 0 Å². The Balaban J connectivity index is 2.69. The van der Waals surface area contributed by atoms with Gasteiger partial charge in [0.2, 0.25) is 0 Å². The molecule has 0 bridgehead atoms. The topological polar surface area (TPSA) is 52.0 Å². The lowest BCUT2D eigenvalue weighted by Gasteiger charge is -1.80. The van der Waals surface area contributed by atoms with Crippen LogP contribution in [0.1, 0.15) is 0 Å². The van der Waals surface area contributed by atoms with Gasteiger partial charge >= 0.3 is 0 Å². The molecule has 1 heterocycles. The van der Waals surface area contributed by atoms with Crippen molar-refractivity contribution < 1.29 is 4.42 Å². The summed E-state index contributed by atoms with van der Waals surface area (Å²) in [4.78, 5) is 4.10. The largest absolute Gasteiger partial charge is 0.430 e. The molecule has 4 heteroatoms. The van der Waals surface area contributed by atoms with Crippen LogP contribution in [-0.4, -0.2) is 4.98 Å². The van der Waals surface area contributed by atoms with E-state index in [0.717, 1.165) is 23.0 Å². The lowest BCUT2D eigenvalue weighted by molar-refractivity contribution is 0.489. The molecule has 0 unspecified atom stereocenters. The first-order valence-corrected chi connectivity index (χ1v) is 4.00. The van der Waals surface area contributed by atoms with Crippen LogP contribution in [0.5, 0.6) is 0 Å². The van der Waals surface area contributed by atoms with Gasteiger partial charge in [0.15, 0.2) is 5.58 Å². The van der Waals surface area contributed by atoms with Crippen molar-refractivity contribution >= 4 is 23.0 Å². The monoisotopic (exact) mass is 166 g/mol. The third kappa shape index (κ3) is 1.10. The Bertz CT molecular complexity index is 338. The zero-order valence-corrected chi connectivity index (χ0v) is 6.47. The van der Waals surface area contributed by atoms with E-state index in [1.165, 1.54) is 0 Å². The summed E-state index contributed by atoms with van der Waals surface area (Å²) < 4.78 is 5.24. The SMILES string of the molecule is NSc1nc2ccccc2o1. The van der Waals surface area contributed by atoms with Crippen LogP contribution in [0.4, 0.5) is 0 Å². The van der Waals surface area contributed by atoms with Crippen molar-refractivity contribution in [2.75, 3.05) is 0 Å². The van der Waals surface area contributed by atoms with Crippen molar-refractivity contribution in [2.24, 2.45) is 5.14 Å². The summed E-state index contributed by atoms with van der Waals surface area (Å²) in [6.07, 6.45) is 0. The molecule has 1 aromatic carbocycles. The molecule has 3 nitrogen and oxygen atoms in total. The van der Waals surface area contributed by atoms with Gasteiger partial charge in [0.25, 0.3) is 5.22 Å². The number of fused-ring (bicyclic) bond motifs is 1. The first kappa shape index (κ1) is 6.69. The van der Waals surface area contributed by atoms with Gasteiger partial charge in [-0.25, -0.2) is 4.98 Å². The molecule has 11 heavy (non-hydrogen) atoms. The highest BCUT2D eigenvalue weighted by atomic mass is 32.2. The number of benzene rings is 1. The normalized spacial score (nSPS) is 10.6. The lowest BCUT2D eigenvalue weighted by Crippen LogP contribution is -1.76. The van der Waals surface area contributed by atoms with Crippen molar-refractivity contribution in [2.45, 2.75) is 5.22 Å². The first-order valence-electron chi connectivity index (χ1n) is 3.12. The Morgan fingerprint density at radius 2 is 2.18 bits per heavy atom. The lowest BCUT2D eigenvalue weighted by atomic mass is 10.3. The summed E-state index contributed by atoms with van der Waals surface area (Å²) in [5, 5.41) is 5.78. The van der Waals surface area contributed by atoms with Crippen molar-refractivity contribution in [3.8, 4) is 0 Å². The van der Waals surface area contributed by atoms with Gasteiger partial charge in [0.05, 0.1) is 0 Å². The molecule has 0 aliphatic heterocycles. The predicted octanol–water partition coefficient (Wildman–Crippen LogP) is 1.79. The van der Waals surface area contributed by atoms with Crippen molar-refractivity contribution in [3.05, 3.63) is 24.3 Å². The van der Waals surface area contributed by atoms with Crippen molar-refractivity contribution in [1.82, 2.24) is 4.98 Å². The van der Waals surface area contributed by atoms with Gasteiger partial charge in [-0.3, -0.25) is 5.14 Å². The fraction of sp³-hybridized carbons (Fsp3) is 0. The maximum atomic E-state index is 5.27. The summed E-state index contributed by atoms with van der Waals surface area (Å²) in [6.45, 7) is 0. The number of hydrogen-bond acceptors (Lipinski definition) is 4. The van der Waals surface area contributed by atoms with E-state index in [1.807, 2.05) is 24.3 Å². The van der Waals surface area contributed by atoms with Gasteiger partial charge in [-0.05, 0) is 12.1 Å². The summed E-state index contributed by atoms with van der Waals surface area (Å²) in [7, 11) is 0. The summed E-state index contributed by atoms with van der Waals surface area (Å²) in [5.41, 5.74) is 1.63. The van der Waals surface area contributed by atoms with Gasteiger partial charge in [0.1, 0.15) is 5.52 Å². The fourth-order valence-electron chi connectivity index (χ4n) is 0.901. The smallest absolute Gasteiger partial charge is 0.272 e. The molecule has 2 aromatic rings. The molecular weight excluding hydrogens is 160 g/mol. The zero-order valence-electron chi connectivity index (χ0n) is 5.65. The predicted molar refractivity (Wildman–Crippen MR) is 44.1 cm³/mol. The molecule has 2 rings (SSSR count).